The maximum atomic E-state index is 13.2. The van der Waals surface area contributed by atoms with Crippen molar-refractivity contribution in [3.05, 3.63) is 86.8 Å². The van der Waals surface area contributed by atoms with E-state index in [1.165, 1.54) is 23.9 Å². The number of methoxy groups -OCH3 is 1. The van der Waals surface area contributed by atoms with Gasteiger partial charge >= 0.3 is 0 Å². The lowest BCUT2D eigenvalue weighted by Crippen LogP contribution is -2.30. The lowest BCUT2D eigenvalue weighted by Gasteiger charge is -2.15. The Hall–Kier alpha value is -3.63. The zero-order valence-corrected chi connectivity index (χ0v) is 19.7. The van der Waals surface area contributed by atoms with E-state index >= 15 is 0 Å². The molecule has 0 bridgehead atoms. The van der Waals surface area contributed by atoms with Crippen LogP contribution in [0.5, 0.6) is 5.75 Å². The Balaban J connectivity index is 1.61. The van der Waals surface area contributed by atoms with Gasteiger partial charge in [0.2, 0.25) is 0 Å². The number of aromatic nitrogens is 2. The molecular weight excluding hydrogens is 478 g/mol. The second-order valence-corrected chi connectivity index (χ2v) is 8.70. The normalized spacial score (nSPS) is 15.9. The number of rotatable bonds is 8. The molecule has 2 aromatic carbocycles. The highest BCUT2D eigenvalue weighted by molar-refractivity contribution is 8.18. The minimum atomic E-state index is -0.549. The SMILES string of the molecule is COc1ccc(N=C2SC(=Cc3ccc(Cl)c([N+](=O)[O-])c3)C(=O)N2CCCn2ccnc2)cc1. The number of carbonyl (C=O) groups excluding carboxylic acids is 1. The van der Waals surface area contributed by atoms with Crippen LogP contribution in [-0.2, 0) is 11.3 Å². The number of nitro benzene ring substituents is 1. The molecule has 1 aromatic heterocycles. The van der Waals surface area contributed by atoms with Gasteiger partial charge in [-0.15, -0.1) is 0 Å². The van der Waals surface area contributed by atoms with Gasteiger partial charge in [0.1, 0.15) is 10.8 Å². The topological polar surface area (TPSA) is 103 Å². The number of carbonyl (C=O) groups is 1. The highest BCUT2D eigenvalue weighted by Crippen LogP contribution is 2.35. The number of amidine groups is 1. The van der Waals surface area contributed by atoms with E-state index in [0.29, 0.717) is 46.6 Å². The van der Waals surface area contributed by atoms with E-state index in [2.05, 4.69) is 9.98 Å². The molecule has 1 aliphatic heterocycles. The largest absolute Gasteiger partial charge is 0.497 e. The summed E-state index contributed by atoms with van der Waals surface area (Å²) >= 11 is 7.14. The number of hydrogen-bond acceptors (Lipinski definition) is 7. The number of nitrogens with zero attached hydrogens (tertiary/aromatic N) is 5. The first-order chi connectivity index (χ1) is 16.4. The quantitative estimate of drug-likeness (QED) is 0.242. The van der Waals surface area contributed by atoms with Crippen LogP contribution in [0.2, 0.25) is 5.02 Å². The first kappa shape index (κ1) is 23.5. The zero-order chi connectivity index (χ0) is 24.1. The van der Waals surface area contributed by atoms with Gasteiger partial charge in [-0.3, -0.25) is 19.8 Å². The van der Waals surface area contributed by atoms with Crippen LogP contribution in [0.15, 0.2) is 71.1 Å². The van der Waals surface area contributed by atoms with Gasteiger partial charge in [0.25, 0.3) is 11.6 Å². The molecule has 174 valence electrons. The molecule has 1 fully saturated rings. The second-order valence-electron chi connectivity index (χ2n) is 7.28. The first-order valence-corrected chi connectivity index (χ1v) is 11.5. The van der Waals surface area contributed by atoms with Gasteiger partial charge in [-0.05, 0) is 60.2 Å². The number of aliphatic imine (C=N–C) groups is 1. The summed E-state index contributed by atoms with van der Waals surface area (Å²) in [5.74, 6) is 0.502. The number of ether oxygens (including phenoxy) is 1. The van der Waals surface area contributed by atoms with Crippen molar-refractivity contribution in [3.8, 4) is 5.75 Å². The number of imidazole rings is 1. The van der Waals surface area contributed by atoms with Crippen molar-refractivity contribution in [2.24, 2.45) is 4.99 Å². The predicted molar refractivity (Wildman–Crippen MR) is 132 cm³/mol. The molecule has 4 rings (SSSR count). The number of nitro groups is 1. The minimum absolute atomic E-state index is 0.0421. The predicted octanol–water partition coefficient (Wildman–Crippen LogP) is 5.15. The number of benzene rings is 2. The van der Waals surface area contributed by atoms with Gasteiger partial charge in [-0.1, -0.05) is 17.7 Å². The molecule has 9 nitrogen and oxygen atoms in total. The fraction of sp³-hybridized carbons (Fsp3) is 0.174. The van der Waals surface area contributed by atoms with Crippen LogP contribution in [0.4, 0.5) is 11.4 Å². The van der Waals surface area contributed by atoms with Crippen molar-refractivity contribution in [2.75, 3.05) is 13.7 Å². The van der Waals surface area contributed by atoms with Crippen molar-refractivity contribution in [2.45, 2.75) is 13.0 Å². The number of halogens is 1. The first-order valence-electron chi connectivity index (χ1n) is 10.3. The molecule has 0 spiro atoms. The average Bonchev–Trinajstić information content (AvgIpc) is 3.44. The maximum Gasteiger partial charge on any atom is 0.288 e. The monoisotopic (exact) mass is 497 g/mol. The molecule has 0 saturated carbocycles. The average molecular weight is 498 g/mol. The molecule has 11 heteroatoms. The van der Waals surface area contributed by atoms with E-state index in [1.54, 1.807) is 48.8 Å². The number of hydrogen-bond donors (Lipinski definition) is 0. The molecule has 0 unspecified atom stereocenters. The van der Waals surface area contributed by atoms with Crippen LogP contribution < -0.4 is 4.74 Å². The smallest absolute Gasteiger partial charge is 0.288 e. The summed E-state index contributed by atoms with van der Waals surface area (Å²) < 4.78 is 7.13. The fourth-order valence-electron chi connectivity index (χ4n) is 3.30. The van der Waals surface area contributed by atoms with Crippen LogP contribution >= 0.6 is 23.4 Å². The van der Waals surface area contributed by atoms with Crippen molar-refractivity contribution in [1.29, 1.82) is 0 Å². The summed E-state index contributed by atoms with van der Waals surface area (Å²) in [4.78, 5) is 34.7. The number of thioether (sulfide) groups is 1. The Labute approximate surface area is 204 Å². The lowest BCUT2D eigenvalue weighted by molar-refractivity contribution is -0.384. The van der Waals surface area contributed by atoms with Gasteiger partial charge in [0, 0.05) is 31.5 Å². The summed E-state index contributed by atoms with van der Waals surface area (Å²) in [7, 11) is 1.59. The van der Waals surface area contributed by atoms with E-state index in [1.807, 2.05) is 22.9 Å². The van der Waals surface area contributed by atoms with Crippen molar-refractivity contribution >= 4 is 51.9 Å². The summed E-state index contributed by atoms with van der Waals surface area (Å²) in [6, 6.07) is 11.7. The van der Waals surface area contributed by atoms with Gasteiger partial charge in [-0.25, -0.2) is 9.98 Å². The molecular formula is C23H20ClN5O4S. The Morgan fingerprint density at radius 2 is 2.03 bits per heavy atom. The molecule has 0 aliphatic carbocycles. The van der Waals surface area contributed by atoms with E-state index in [0.717, 1.165) is 0 Å². The molecule has 34 heavy (non-hydrogen) atoms. The number of aryl methyl sites for hydroxylation is 1. The highest BCUT2D eigenvalue weighted by atomic mass is 35.5. The molecule has 0 N–H and O–H groups in total. The molecule has 1 aliphatic rings. The second kappa shape index (κ2) is 10.5. The van der Waals surface area contributed by atoms with E-state index < -0.39 is 4.92 Å². The number of amides is 1. The maximum absolute atomic E-state index is 13.2. The Morgan fingerprint density at radius 3 is 2.71 bits per heavy atom. The Bertz CT molecular complexity index is 1260. The van der Waals surface area contributed by atoms with Crippen molar-refractivity contribution in [1.82, 2.24) is 14.5 Å². The minimum Gasteiger partial charge on any atom is -0.497 e. The summed E-state index contributed by atoms with van der Waals surface area (Å²) in [5.41, 5.74) is 0.978. The van der Waals surface area contributed by atoms with Crippen LogP contribution in [0.25, 0.3) is 6.08 Å². The molecule has 0 radical (unpaired) electrons. The summed E-state index contributed by atoms with van der Waals surface area (Å²) in [6.07, 6.45) is 7.62. The van der Waals surface area contributed by atoms with Crippen molar-refractivity contribution in [3.63, 3.8) is 0 Å². The third-order valence-electron chi connectivity index (χ3n) is 5.01. The van der Waals surface area contributed by atoms with E-state index in [9.17, 15) is 14.9 Å². The molecule has 1 amide bonds. The van der Waals surface area contributed by atoms with Crippen LogP contribution in [-0.4, -0.2) is 44.1 Å². The third-order valence-corrected chi connectivity index (χ3v) is 6.33. The van der Waals surface area contributed by atoms with Gasteiger partial charge in [0.05, 0.1) is 29.0 Å². The zero-order valence-electron chi connectivity index (χ0n) is 18.1. The van der Waals surface area contributed by atoms with Gasteiger partial charge in [-0.2, -0.15) is 0 Å². The highest BCUT2D eigenvalue weighted by Gasteiger charge is 2.33. The van der Waals surface area contributed by atoms with Crippen LogP contribution in [0.3, 0.4) is 0 Å². The van der Waals surface area contributed by atoms with E-state index in [-0.39, 0.29) is 16.6 Å². The lowest BCUT2D eigenvalue weighted by atomic mass is 10.2. The van der Waals surface area contributed by atoms with Gasteiger partial charge in [0.15, 0.2) is 5.17 Å². The van der Waals surface area contributed by atoms with Gasteiger partial charge < -0.3 is 9.30 Å². The van der Waals surface area contributed by atoms with Crippen molar-refractivity contribution < 1.29 is 14.5 Å². The Kier molecular flexibility index (Phi) is 7.29. The molecule has 1 saturated heterocycles. The summed E-state index contributed by atoms with van der Waals surface area (Å²) in [5, 5.41) is 11.8. The molecule has 3 aromatic rings. The standard InChI is InChI=1S/C23H20ClN5O4S/c1-33-18-6-4-17(5-7-18)26-23-28(11-2-10-27-12-9-25-15-27)22(30)21(34-23)14-16-3-8-19(24)20(13-16)29(31)32/h3-9,12-15H,2,10-11H2,1H3. The fourth-order valence-corrected chi connectivity index (χ4v) is 4.51. The van der Waals surface area contributed by atoms with Crippen LogP contribution in [0, 0.1) is 10.1 Å². The molecule has 2 heterocycles. The Morgan fingerprint density at radius 1 is 1.24 bits per heavy atom. The van der Waals surface area contributed by atoms with Crippen LogP contribution in [0.1, 0.15) is 12.0 Å². The molecule has 0 atom stereocenters. The van der Waals surface area contributed by atoms with E-state index in [4.69, 9.17) is 16.3 Å². The summed E-state index contributed by atoms with van der Waals surface area (Å²) in [6.45, 7) is 1.16. The third kappa shape index (κ3) is 5.46.